The number of methoxy groups -OCH3 is 2. The smallest absolute Gasteiger partial charge is 0.278 e. The molecule has 1 aliphatic rings. The van der Waals surface area contributed by atoms with Crippen molar-refractivity contribution >= 4 is 15.7 Å². The molecule has 3 rings (SSSR count). The van der Waals surface area contributed by atoms with Gasteiger partial charge in [0, 0.05) is 12.1 Å². The molecular formula is C19H24N3O6S+. The van der Waals surface area contributed by atoms with Gasteiger partial charge in [0.1, 0.15) is 6.54 Å². The molecule has 0 radical (unpaired) electrons. The van der Waals surface area contributed by atoms with Crippen LogP contribution in [0.5, 0.6) is 11.5 Å². The topological polar surface area (TPSA) is 103 Å². The molecule has 0 amide bonds. The van der Waals surface area contributed by atoms with Gasteiger partial charge in [0.05, 0.1) is 55.8 Å². The van der Waals surface area contributed by atoms with E-state index in [9.17, 15) is 18.5 Å². The van der Waals surface area contributed by atoms with Gasteiger partial charge in [-0.25, -0.2) is 8.42 Å². The highest BCUT2D eigenvalue weighted by molar-refractivity contribution is 7.89. The zero-order chi connectivity index (χ0) is 21.0. The molecule has 1 fully saturated rings. The Morgan fingerprint density at radius 3 is 2.34 bits per heavy atom. The first kappa shape index (κ1) is 21.0. The zero-order valence-electron chi connectivity index (χ0n) is 16.3. The molecule has 0 saturated carbocycles. The first-order chi connectivity index (χ1) is 13.9. The molecule has 1 N–H and O–H groups in total. The van der Waals surface area contributed by atoms with Crippen LogP contribution in [0, 0.1) is 10.1 Å². The molecule has 9 nitrogen and oxygen atoms in total. The number of rotatable bonds is 7. The van der Waals surface area contributed by atoms with Gasteiger partial charge in [-0.2, -0.15) is 4.31 Å². The Hall–Kier alpha value is -2.69. The van der Waals surface area contributed by atoms with E-state index in [1.165, 1.54) is 36.7 Å². The summed E-state index contributed by atoms with van der Waals surface area (Å²) in [5.41, 5.74) is 0.754. The van der Waals surface area contributed by atoms with Gasteiger partial charge >= 0.3 is 0 Å². The van der Waals surface area contributed by atoms with Gasteiger partial charge in [0.25, 0.3) is 5.69 Å². The maximum atomic E-state index is 13.0. The molecule has 10 heteroatoms. The number of piperazine rings is 1. The summed E-state index contributed by atoms with van der Waals surface area (Å²) in [6.45, 7) is 2.30. The average Bonchev–Trinajstić information content (AvgIpc) is 2.73. The maximum Gasteiger partial charge on any atom is 0.278 e. The fraction of sp³-hybridized carbons (Fsp3) is 0.368. The molecule has 1 aliphatic heterocycles. The number of para-hydroxylation sites is 1. The standard InChI is InChI=1S/C19H23N3O6S/c1-27-18-8-7-16(13-19(18)28-2)29(25,26)21-11-9-20(10-12-21)14-15-5-3-4-6-17(15)22(23)24/h3-8,13H,9-12,14H2,1-2H3/p+1. The van der Waals surface area contributed by atoms with Crippen molar-refractivity contribution in [2.45, 2.75) is 11.4 Å². The Labute approximate surface area is 169 Å². The molecule has 29 heavy (non-hydrogen) atoms. The quantitative estimate of drug-likeness (QED) is 0.521. The fourth-order valence-corrected chi connectivity index (χ4v) is 4.91. The first-order valence-electron chi connectivity index (χ1n) is 9.15. The third-order valence-electron chi connectivity index (χ3n) is 5.05. The van der Waals surface area contributed by atoms with Crippen LogP contribution in [-0.4, -0.2) is 58.0 Å². The number of hydrogen-bond acceptors (Lipinski definition) is 6. The minimum atomic E-state index is -3.66. The summed E-state index contributed by atoms with van der Waals surface area (Å²) in [5, 5.41) is 11.2. The highest BCUT2D eigenvalue weighted by Crippen LogP contribution is 2.30. The van der Waals surface area contributed by atoms with E-state index in [1.807, 2.05) is 0 Å². The van der Waals surface area contributed by atoms with E-state index in [1.54, 1.807) is 24.3 Å². The van der Waals surface area contributed by atoms with Crippen molar-refractivity contribution < 1.29 is 27.7 Å². The third kappa shape index (κ3) is 4.50. The second kappa shape index (κ2) is 8.76. The number of benzene rings is 2. The van der Waals surface area contributed by atoms with Gasteiger partial charge in [0.15, 0.2) is 11.5 Å². The van der Waals surface area contributed by atoms with Crippen molar-refractivity contribution in [3.63, 3.8) is 0 Å². The molecule has 2 aromatic carbocycles. The molecule has 1 saturated heterocycles. The largest absolute Gasteiger partial charge is 0.493 e. The zero-order valence-corrected chi connectivity index (χ0v) is 17.1. The number of nitrogens with zero attached hydrogens (tertiary/aromatic N) is 2. The third-order valence-corrected chi connectivity index (χ3v) is 6.95. The Kier molecular flexibility index (Phi) is 6.36. The molecule has 0 bridgehead atoms. The first-order valence-corrected chi connectivity index (χ1v) is 10.6. The monoisotopic (exact) mass is 422 g/mol. The highest BCUT2D eigenvalue weighted by Gasteiger charge is 2.31. The fourth-order valence-electron chi connectivity index (χ4n) is 3.45. The maximum absolute atomic E-state index is 13.0. The number of nitrogens with one attached hydrogen (secondary N) is 1. The number of nitro groups is 1. The lowest BCUT2D eigenvalue weighted by molar-refractivity contribution is -0.917. The summed E-state index contributed by atoms with van der Waals surface area (Å²) in [6, 6.07) is 11.2. The van der Waals surface area contributed by atoms with Crippen LogP contribution in [0.2, 0.25) is 0 Å². The van der Waals surface area contributed by atoms with Crippen molar-refractivity contribution in [2.24, 2.45) is 0 Å². The van der Waals surface area contributed by atoms with Crippen molar-refractivity contribution in [1.82, 2.24) is 4.31 Å². The molecule has 0 unspecified atom stereocenters. The van der Waals surface area contributed by atoms with Crippen LogP contribution in [0.3, 0.4) is 0 Å². The number of ether oxygens (including phenoxy) is 2. The van der Waals surface area contributed by atoms with E-state index in [4.69, 9.17) is 9.47 Å². The van der Waals surface area contributed by atoms with Gasteiger partial charge in [-0.15, -0.1) is 0 Å². The summed E-state index contributed by atoms with van der Waals surface area (Å²) in [7, 11) is -0.713. The lowest BCUT2D eigenvalue weighted by Gasteiger charge is -2.31. The van der Waals surface area contributed by atoms with Crippen LogP contribution in [0.4, 0.5) is 5.69 Å². The van der Waals surface area contributed by atoms with Gasteiger partial charge < -0.3 is 14.4 Å². The Morgan fingerprint density at radius 2 is 1.72 bits per heavy atom. The van der Waals surface area contributed by atoms with Gasteiger partial charge in [-0.1, -0.05) is 12.1 Å². The molecule has 0 spiro atoms. The van der Waals surface area contributed by atoms with Crippen molar-refractivity contribution in [1.29, 1.82) is 0 Å². The van der Waals surface area contributed by atoms with Crippen LogP contribution in [0.1, 0.15) is 5.56 Å². The van der Waals surface area contributed by atoms with E-state index < -0.39 is 10.0 Å². The predicted octanol–water partition coefficient (Wildman–Crippen LogP) is 0.701. The van der Waals surface area contributed by atoms with Crippen LogP contribution >= 0.6 is 0 Å². The highest BCUT2D eigenvalue weighted by atomic mass is 32.2. The lowest BCUT2D eigenvalue weighted by atomic mass is 10.1. The molecule has 1 heterocycles. The average molecular weight is 422 g/mol. The minimum absolute atomic E-state index is 0.0976. The number of sulfonamides is 1. The van der Waals surface area contributed by atoms with Gasteiger partial charge in [0.2, 0.25) is 10.0 Å². The lowest BCUT2D eigenvalue weighted by Crippen LogP contribution is -3.13. The second-order valence-corrected chi connectivity index (χ2v) is 8.67. The molecular weight excluding hydrogens is 398 g/mol. The van der Waals surface area contributed by atoms with Crippen molar-refractivity contribution in [3.8, 4) is 11.5 Å². The summed E-state index contributed by atoms with van der Waals surface area (Å²) >= 11 is 0. The molecule has 0 aliphatic carbocycles. The van der Waals surface area contributed by atoms with Crippen LogP contribution in [0.15, 0.2) is 47.4 Å². The van der Waals surface area contributed by atoms with Crippen LogP contribution in [-0.2, 0) is 16.6 Å². The summed E-state index contributed by atoms with van der Waals surface area (Å²) in [4.78, 5) is 12.1. The van der Waals surface area contributed by atoms with Gasteiger partial charge in [-0.3, -0.25) is 10.1 Å². The van der Waals surface area contributed by atoms with E-state index in [2.05, 4.69) is 0 Å². The predicted molar refractivity (Wildman–Crippen MR) is 106 cm³/mol. The summed E-state index contributed by atoms with van der Waals surface area (Å²) in [6.07, 6.45) is 0. The van der Waals surface area contributed by atoms with Crippen molar-refractivity contribution in [2.75, 3.05) is 40.4 Å². The Morgan fingerprint density at radius 1 is 1.07 bits per heavy atom. The summed E-state index contributed by atoms with van der Waals surface area (Å²) < 4.78 is 37.8. The van der Waals surface area contributed by atoms with Gasteiger partial charge in [-0.05, 0) is 18.2 Å². The van der Waals surface area contributed by atoms with E-state index in [-0.39, 0.29) is 15.5 Å². The van der Waals surface area contributed by atoms with E-state index >= 15 is 0 Å². The minimum Gasteiger partial charge on any atom is -0.493 e. The van der Waals surface area contributed by atoms with Crippen molar-refractivity contribution in [3.05, 3.63) is 58.1 Å². The number of quaternary nitrogens is 1. The second-order valence-electron chi connectivity index (χ2n) is 6.73. The molecule has 0 aromatic heterocycles. The number of nitro benzene ring substituents is 1. The molecule has 0 atom stereocenters. The summed E-state index contributed by atoms with van der Waals surface area (Å²) in [5.74, 6) is 0.819. The number of hydrogen-bond donors (Lipinski definition) is 1. The van der Waals surface area contributed by atoms with Crippen LogP contribution in [0.25, 0.3) is 0 Å². The Bertz CT molecular complexity index is 987. The normalized spacial score (nSPS) is 15.8. The molecule has 2 aromatic rings. The Balaban J connectivity index is 1.70. The molecule has 156 valence electrons. The van der Waals surface area contributed by atoms with E-state index in [0.717, 1.165) is 4.90 Å². The van der Waals surface area contributed by atoms with Crippen LogP contribution < -0.4 is 14.4 Å². The van der Waals surface area contributed by atoms with E-state index in [0.29, 0.717) is 49.8 Å². The SMILES string of the molecule is COc1ccc(S(=O)(=O)N2CC[NH+](Cc3ccccc3[N+](=O)[O-])CC2)cc1OC.